The van der Waals surface area contributed by atoms with E-state index in [2.05, 4.69) is 40.1 Å². The van der Waals surface area contributed by atoms with Gasteiger partial charge in [0.1, 0.15) is 18.3 Å². The number of fused-ring (bicyclic) bond motifs is 2. The number of benzene rings is 2. The molecule has 40 heavy (non-hydrogen) atoms. The maximum absolute atomic E-state index is 13.1. The molecular weight excluding hydrogens is 590 g/mol. The monoisotopic (exact) mass is 625 g/mol. The fourth-order valence-corrected chi connectivity index (χ4v) is 5.95. The van der Waals surface area contributed by atoms with Crippen molar-refractivity contribution in [3.05, 3.63) is 57.8 Å². The number of ether oxygens (including phenoxy) is 3. The molecule has 1 aromatic heterocycles. The highest BCUT2D eigenvalue weighted by atomic mass is 79.9. The molecular formula is C30H36BrN3O5Si. The molecule has 0 bridgehead atoms. The third-order valence-electron chi connectivity index (χ3n) is 7.32. The molecule has 10 heteroatoms. The Labute approximate surface area is 244 Å². The van der Waals surface area contributed by atoms with Crippen LogP contribution in [0, 0.1) is 5.92 Å². The van der Waals surface area contributed by atoms with Gasteiger partial charge >= 0.3 is 5.97 Å². The topological polar surface area (TPSA) is 92.0 Å². The van der Waals surface area contributed by atoms with Crippen LogP contribution in [0.1, 0.15) is 47.1 Å². The van der Waals surface area contributed by atoms with Crippen molar-refractivity contribution in [1.29, 1.82) is 0 Å². The predicted molar refractivity (Wildman–Crippen MR) is 161 cm³/mol. The second-order valence-corrected chi connectivity index (χ2v) is 18.3. The van der Waals surface area contributed by atoms with Crippen molar-refractivity contribution >= 4 is 52.5 Å². The molecule has 212 valence electrons. The third-order valence-corrected chi connectivity index (χ3v) is 9.65. The Bertz CT molecular complexity index is 1460. The van der Waals surface area contributed by atoms with Crippen LogP contribution >= 0.6 is 15.9 Å². The first-order valence-electron chi connectivity index (χ1n) is 13.8. The van der Waals surface area contributed by atoms with Gasteiger partial charge in [-0.25, -0.2) is 4.98 Å². The van der Waals surface area contributed by atoms with E-state index < -0.39 is 14.0 Å². The molecule has 1 atom stereocenters. The quantitative estimate of drug-likeness (QED) is 0.132. The lowest BCUT2D eigenvalue weighted by Gasteiger charge is -2.23. The SMILES string of the molecule is COC(=O)CC1=NC(Cc2nc3cc(OCC4CC4)c(Br)cc3n2COCC[Si](C)(C)C)c2ccccc2C1=O. The van der Waals surface area contributed by atoms with Crippen molar-refractivity contribution in [3.63, 3.8) is 0 Å². The van der Waals surface area contributed by atoms with Gasteiger partial charge in [-0.05, 0) is 52.4 Å². The van der Waals surface area contributed by atoms with Gasteiger partial charge in [0.25, 0.3) is 0 Å². The first-order chi connectivity index (χ1) is 19.1. The number of halogens is 1. The van der Waals surface area contributed by atoms with Crippen molar-refractivity contribution in [2.45, 2.75) is 64.1 Å². The van der Waals surface area contributed by atoms with E-state index in [4.69, 9.17) is 24.2 Å². The fourth-order valence-electron chi connectivity index (χ4n) is 4.74. The lowest BCUT2D eigenvalue weighted by atomic mass is 9.89. The molecule has 1 saturated carbocycles. The van der Waals surface area contributed by atoms with Crippen molar-refractivity contribution in [2.75, 3.05) is 20.3 Å². The van der Waals surface area contributed by atoms with Crippen LogP contribution in [-0.2, 0) is 27.4 Å². The molecule has 1 fully saturated rings. The molecule has 0 saturated heterocycles. The zero-order chi connectivity index (χ0) is 28.4. The summed E-state index contributed by atoms with van der Waals surface area (Å²) < 4.78 is 20.1. The maximum atomic E-state index is 13.1. The highest BCUT2D eigenvalue weighted by molar-refractivity contribution is 9.10. The lowest BCUT2D eigenvalue weighted by molar-refractivity contribution is -0.139. The van der Waals surface area contributed by atoms with Gasteiger partial charge in [-0.15, -0.1) is 0 Å². The summed E-state index contributed by atoms with van der Waals surface area (Å²) in [6.07, 6.45) is 2.72. The molecule has 0 N–H and O–H groups in total. The summed E-state index contributed by atoms with van der Waals surface area (Å²) in [4.78, 5) is 35.0. The van der Waals surface area contributed by atoms with Gasteiger partial charge < -0.3 is 18.8 Å². The minimum absolute atomic E-state index is 0.162. The fraction of sp³-hybridized carbons (Fsp3) is 0.467. The van der Waals surface area contributed by atoms with E-state index in [1.165, 1.54) is 20.0 Å². The molecule has 2 aliphatic rings. The van der Waals surface area contributed by atoms with Crippen LogP contribution in [0.5, 0.6) is 5.75 Å². The van der Waals surface area contributed by atoms with Gasteiger partial charge in [-0.3, -0.25) is 14.6 Å². The predicted octanol–water partition coefficient (Wildman–Crippen LogP) is 6.38. The lowest BCUT2D eigenvalue weighted by Crippen LogP contribution is -2.27. The summed E-state index contributed by atoms with van der Waals surface area (Å²) >= 11 is 3.70. The minimum Gasteiger partial charge on any atom is -0.492 e. The Morgan fingerprint density at radius 3 is 2.67 bits per heavy atom. The number of Topliss-reactive ketones (excluding diaryl/α,β-unsaturated/α-hetero) is 1. The van der Waals surface area contributed by atoms with E-state index in [9.17, 15) is 9.59 Å². The molecule has 1 aliphatic heterocycles. The number of nitrogens with zero attached hydrogens (tertiary/aromatic N) is 3. The Balaban J connectivity index is 1.49. The zero-order valence-electron chi connectivity index (χ0n) is 23.5. The van der Waals surface area contributed by atoms with Gasteiger partial charge in [0.15, 0.2) is 0 Å². The van der Waals surface area contributed by atoms with Crippen LogP contribution in [0.3, 0.4) is 0 Å². The summed E-state index contributed by atoms with van der Waals surface area (Å²) in [6.45, 7) is 8.75. The van der Waals surface area contributed by atoms with Crippen LogP contribution in [-0.4, -0.2) is 55.4 Å². The van der Waals surface area contributed by atoms with E-state index in [0.29, 0.717) is 37.8 Å². The van der Waals surface area contributed by atoms with E-state index in [1.54, 1.807) is 6.07 Å². The largest absolute Gasteiger partial charge is 0.492 e. The van der Waals surface area contributed by atoms with Crippen molar-refractivity contribution < 1.29 is 23.8 Å². The van der Waals surface area contributed by atoms with Gasteiger partial charge in [-0.1, -0.05) is 43.9 Å². The van der Waals surface area contributed by atoms with Crippen LogP contribution in [0.25, 0.3) is 11.0 Å². The van der Waals surface area contributed by atoms with Crippen molar-refractivity contribution in [1.82, 2.24) is 9.55 Å². The van der Waals surface area contributed by atoms with E-state index in [0.717, 1.165) is 38.7 Å². The highest BCUT2D eigenvalue weighted by Gasteiger charge is 2.31. The average Bonchev–Trinajstić information content (AvgIpc) is 3.69. The van der Waals surface area contributed by atoms with Crippen molar-refractivity contribution in [2.24, 2.45) is 10.9 Å². The van der Waals surface area contributed by atoms with Gasteiger partial charge in [-0.2, -0.15) is 0 Å². The van der Waals surface area contributed by atoms with Crippen LogP contribution in [0.4, 0.5) is 0 Å². The average molecular weight is 627 g/mol. The second kappa shape index (κ2) is 12.0. The third kappa shape index (κ3) is 6.72. The number of imidazole rings is 1. The smallest absolute Gasteiger partial charge is 0.311 e. The highest BCUT2D eigenvalue weighted by Crippen LogP contribution is 2.36. The molecule has 8 nitrogen and oxygen atoms in total. The second-order valence-electron chi connectivity index (χ2n) is 11.8. The molecule has 0 spiro atoms. The Kier molecular flexibility index (Phi) is 8.58. The molecule has 0 amide bonds. The standard InChI is InChI=1S/C30H36BrN3O5Si/c1-37-29(35)16-25-30(36)21-8-6-5-7-20(21)23(32-25)15-28-33-24-14-27(39-17-19-9-10-19)22(31)13-26(24)34(28)18-38-11-12-40(2,3)4/h5-8,13-14,19,23H,9-12,15-18H2,1-4H3. The molecule has 0 radical (unpaired) electrons. The van der Waals surface area contributed by atoms with E-state index in [1.807, 2.05) is 30.3 Å². The molecule has 1 unspecified atom stereocenters. The first kappa shape index (κ1) is 28.7. The summed E-state index contributed by atoms with van der Waals surface area (Å²) in [7, 11) is 0.0688. The van der Waals surface area contributed by atoms with Crippen LogP contribution in [0.15, 0.2) is 45.9 Å². The molecule has 3 aromatic rings. The molecule has 2 aromatic carbocycles. The maximum Gasteiger partial charge on any atom is 0.311 e. The number of hydrogen-bond acceptors (Lipinski definition) is 7. The van der Waals surface area contributed by atoms with Gasteiger partial charge in [0.2, 0.25) is 5.78 Å². The number of hydrogen-bond donors (Lipinski definition) is 0. The number of ketones is 1. The number of esters is 1. The van der Waals surface area contributed by atoms with E-state index >= 15 is 0 Å². The van der Waals surface area contributed by atoms with Crippen molar-refractivity contribution in [3.8, 4) is 5.75 Å². The summed E-state index contributed by atoms with van der Waals surface area (Å²) in [5.74, 6) is 1.49. The number of carbonyl (C=O) groups excluding carboxylic acids is 2. The van der Waals surface area contributed by atoms with Crippen LogP contribution in [0.2, 0.25) is 25.7 Å². The number of methoxy groups -OCH3 is 1. The van der Waals surface area contributed by atoms with Gasteiger partial charge in [0.05, 0.1) is 47.4 Å². The molecule has 1 aliphatic carbocycles. The zero-order valence-corrected chi connectivity index (χ0v) is 26.1. The molecule has 2 heterocycles. The normalized spacial score (nSPS) is 17.1. The number of carbonyl (C=O) groups is 2. The Morgan fingerprint density at radius 1 is 1.18 bits per heavy atom. The minimum atomic E-state index is -1.24. The number of aliphatic imine (C=N–C) groups is 1. The number of aromatic nitrogens is 2. The van der Waals surface area contributed by atoms with Gasteiger partial charge in [0, 0.05) is 32.7 Å². The van der Waals surface area contributed by atoms with E-state index in [-0.39, 0.29) is 24.0 Å². The Morgan fingerprint density at radius 2 is 1.95 bits per heavy atom. The summed E-state index contributed by atoms with van der Waals surface area (Å²) in [5.41, 5.74) is 3.36. The first-order valence-corrected chi connectivity index (χ1v) is 18.3. The Hall–Kier alpha value is -2.82. The molecule has 5 rings (SSSR count). The summed E-state index contributed by atoms with van der Waals surface area (Å²) in [5, 5.41) is 0. The number of rotatable bonds is 12. The van der Waals surface area contributed by atoms with Crippen LogP contribution < -0.4 is 4.74 Å². The summed E-state index contributed by atoms with van der Waals surface area (Å²) in [6, 6.07) is 12.2.